The molecule has 0 aliphatic carbocycles. The van der Waals surface area contributed by atoms with Gasteiger partial charge in [0.05, 0.1) is 5.39 Å². The molecule has 0 spiro atoms. The molecular weight excluding hydrogens is 288 g/mol. The van der Waals surface area contributed by atoms with E-state index in [2.05, 4.69) is 0 Å². The number of aromatic hydroxyl groups is 2. The van der Waals surface area contributed by atoms with Crippen molar-refractivity contribution in [2.75, 3.05) is 0 Å². The van der Waals surface area contributed by atoms with Crippen LogP contribution in [0.4, 0.5) is 0 Å². The van der Waals surface area contributed by atoms with E-state index in [0.29, 0.717) is 5.56 Å². The van der Waals surface area contributed by atoms with Gasteiger partial charge in [-0.05, 0) is 36.4 Å². The molecule has 2 aromatic carbocycles. The van der Waals surface area contributed by atoms with Crippen LogP contribution in [-0.2, 0) is 0 Å². The average Bonchev–Trinajstić information content (AvgIpc) is 2.48. The summed E-state index contributed by atoms with van der Waals surface area (Å²) in [5.74, 6) is -1.53. The molecular formula is C16H10O6. The molecule has 0 amide bonds. The Hall–Kier alpha value is -3.28. The van der Waals surface area contributed by atoms with Gasteiger partial charge in [-0.25, -0.2) is 4.79 Å². The van der Waals surface area contributed by atoms with Gasteiger partial charge in [-0.2, -0.15) is 0 Å². The number of hydrogen-bond donors (Lipinski definition) is 3. The molecule has 0 aliphatic heterocycles. The molecule has 3 aromatic rings. The van der Waals surface area contributed by atoms with Crippen LogP contribution in [0.25, 0.3) is 22.3 Å². The van der Waals surface area contributed by atoms with Gasteiger partial charge in [-0.15, -0.1) is 0 Å². The fourth-order valence-corrected chi connectivity index (χ4v) is 2.15. The molecule has 0 atom stereocenters. The Bertz CT molecular complexity index is 954. The van der Waals surface area contributed by atoms with Crippen LogP contribution >= 0.6 is 0 Å². The summed E-state index contributed by atoms with van der Waals surface area (Å²) in [6, 6.07) is 9.24. The second-order valence-electron chi connectivity index (χ2n) is 4.69. The second kappa shape index (κ2) is 4.92. The molecule has 0 bridgehead atoms. The van der Waals surface area contributed by atoms with E-state index in [9.17, 15) is 19.8 Å². The zero-order valence-corrected chi connectivity index (χ0v) is 11.1. The van der Waals surface area contributed by atoms with Crippen molar-refractivity contribution in [2.24, 2.45) is 0 Å². The zero-order chi connectivity index (χ0) is 15.9. The lowest BCUT2D eigenvalue weighted by atomic mass is 10.1. The molecule has 0 unspecified atom stereocenters. The molecule has 0 saturated carbocycles. The van der Waals surface area contributed by atoms with Gasteiger partial charge < -0.3 is 19.7 Å². The smallest absolute Gasteiger partial charge is 0.339 e. The Morgan fingerprint density at radius 2 is 1.77 bits per heavy atom. The fraction of sp³-hybridized carbons (Fsp3) is 0. The van der Waals surface area contributed by atoms with Gasteiger partial charge in [-0.1, -0.05) is 0 Å². The van der Waals surface area contributed by atoms with Gasteiger partial charge in [0.1, 0.15) is 28.4 Å². The van der Waals surface area contributed by atoms with E-state index < -0.39 is 5.97 Å². The summed E-state index contributed by atoms with van der Waals surface area (Å²) in [5.41, 5.74) is -0.0319. The molecule has 22 heavy (non-hydrogen) atoms. The summed E-state index contributed by atoms with van der Waals surface area (Å²) >= 11 is 0. The lowest BCUT2D eigenvalue weighted by Crippen LogP contribution is -2.01. The van der Waals surface area contributed by atoms with Crippen LogP contribution in [0.1, 0.15) is 10.4 Å². The molecule has 6 nitrogen and oxygen atoms in total. The van der Waals surface area contributed by atoms with Crippen molar-refractivity contribution in [1.29, 1.82) is 0 Å². The third-order valence-electron chi connectivity index (χ3n) is 3.22. The standard InChI is InChI=1S/C16H10O6/c17-9-2-4-14-10(6-9)13(19)7-15(22-14)8-1-3-12(18)11(5-8)16(20)21/h1-7,17-18H,(H,20,21). The molecule has 3 N–H and O–H groups in total. The Morgan fingerprint density at radius 1 is 1.00 bits per heavy atom. The number of rotatable bonds is 2. The number of phenolic OH excluding ortho intramolecular Hbond substituents is 1. The first-order valence-corrected chi connectivity index (χ1v) is 6.29. The molecule has 3 rings (SSSR count). The maximum Gasteiger partial charge on any atom is 0.339 e. The van der Waals surface area contributed by atoms with Crippen LogP contribution in [0.2, 0.25) is 0 Å². The highest BCUT2D eigenvalue weighted by Gasteiger charge is 2.13. The number of phenols is 2. The molecule has 0 fully saturated rings. The summed E-state index contributed by atoms with van der Waals surface area (Å²) in [7, 11) is 0. The number of aromatic carboxylic acids is 1. The highest BCUT2D eigenvalue weighted by atomic mass is 16.4. The Morgan fingerprint density at radius 3 is 2.50 bits per heavy atom. The van der Waals surface area contributed by atoms with E-state index >= 15 is 0 Å². The van der Waals surface area contributed by atoms with Crippen LogP contribution in [0.15, 0.2) is 51.7 Å². The molecule has 6 heteroatoms. The van der Waals surface area contributed by atoms with Gasteiger partial charge in [-0.3, -0.25) is 4.79 Å². The summed E-state index contributed by atoms with van der Waals surface area (Å²) < 4.78 is 5.57. The van der Waals surface area contributed by atoms with E-state index in [1.54, 1.807) is 0 Å². The third kappa shape index (κ3) is 2.26. The summed E-state index contributed by atoms with van der Waals surface area (Å²) in [6.07, 6.45) is 0. The molecule has 110 valence electrons. The van der Waals surface area contributed by atoms with Crippen molar-refractivity contribution in [3.63, 3.8) is 0 Å². The van der Waals surface area contributed by atoms with Crippen LogP contribution in [0.5, 0.6) is 11.5 Å². The van der Waals surface area contributed by atoms with Gasteiger partial charge in [0.15, 0.2) is 5.43 Å². The minimum atomic E-state index is -1.28. The number of carbonyl (C=O) groups is 1. The third-order valence-corrected chi connectivity index (χ3v) is 3.22. The van der Waals surface area contributed by atoms with Crippen molar-refractivity contribution in [1.82, 2.24) is 0 Å². The molecule has 1 heterocycles. The van der Waals surface area contributed by atoms with Crippen molar-refractivity contribution in [2.45, 2.75) is 0 Å². The predicted octanol–water partition coefficient (Wildman–Crippen LogP) is 2.57. The van der Waals surface area contributed by atoms with Gasteiger partial charge in [0.25, 0.3) is 0 Å². The minimum absolute atomic E-state index is 0.0506. The first-order chi connectivity index (χ1) is 10.5. The van der Waals surface area contributed by atoms with Gasteiger partial charge in [0.2, 0.25) is 0 Å². The van der Waals surface area contributed by atoms with Crippen molar-refractivity contribution < 1.29 is 24.5 Å². The minimum Gasteiger partial charge on any atom is -0.508 e. The van der Waals surface area contributed by atoms with Crippen molar-refractivity contribution in [3.8, 4) is 22.8 Å². The number of benzene rings is 2. The van der Waals surface area contributed by atoms with Crippen LogP contribution in [0.3, 0.4) is 0 Å². The number of carboxylic acid groups (broad SMARTS) is 1. The molecule has 1 aromatic heterocycles. The van der Waals surface area contributed by atoms with Crippen molar-refractivity contribution >= 4 is 16.9 Å². The monoisotopic (exact) mass is 298 g/mol. The van der Waals surface area contributed by atoms with Crippen LogP contribution in [-0.4, -0.2) is 21.3 Å². The van der Waals surface area contributed by atoms with Crippen LogP contribution < -0.4 is 5.43 Å². The number of fused-ring (bicyclic) bond motifs is 1. The first kappa shape index (κ1) is 13.7. The number of hydrogen-bond acceptors (Lipinski definition) is 5. The normalized spacial score (nSPS) is 10.7. The predicted molar refractivity (Wildman–Crippen MR) is 78.2 cm³/mol. The SMILES string of the molecule is O=C(O)c1cc(-c2cc(=O)c3cc(O)ccc3o2)ccc1O. The van der Waals surface area contributed by atoms with Gasteiger partial charge in [0, 0.05) is 11.6 Å². The second-order valence-corrected chi connectivity index (χ2v) is 4.69. The van der Waals surface area contributed by atoms with E-state index in [0.717, 1.165) is 0 Å². The quantitative estimate of drug-likeness (QED) is 0.671. The Labute approximate surface area is 123 Å². The molecule has 0 saturated heterocycles. The number of carboxylic acids is 1. The van der Waals surface area contributed by atoms with E-state index in [1.165, 1.54) is 42.5 Å². The summed E-state index contributed by atoms with van der Waals surface area (Å²) in [5, 5.41) is 28.1. The van der Waals surface area contributed by atoms with E-state index in [-0.39, 0.29) is 39.2 Å². The van der Waals surface area contributed by atoms with Crippen LogP contribution in [0, 0.1) is 0 Å². The Kier molecular flexibility index (Phi) is 3.06. The fourth-order valence-electron chi connectivity index (χ4n) is 2.15. The largest absolute Gasteiger partial charge is 0.508 e. The maximum atomic E-state index is 12.1. The highest BCUT2D eigenvalue weighted by molar-refractivity contribution is 5.92. The molecule has 0 radical (unpaired) electrons. The van der Waals surface area contributed by atoms with E-state index in [4.69, 9.17) is 9.52 Å². The zero-order valence-electron chi connectivity index (χ0n) is 11.1. The topological polar surface area (TPSA) is 108 Å². The lowest BCUT2D eigenvalue weighted by Gasteiger charge is -2.06. The maximum absolute atomic E-state index is 12.1. The van der Waals surface area contributed by atoms with Crippen molar-refractivity contribution in [3.05, 3.63) is 58.3 Å². The first-order valence-electron chi connectivity index (χ1n) is 6.29. The van der Waals surface area contributed by atoms with E-state index in [1.807, 2.05) is 0 Å². The van der Waals surface area contributed by atoms with Gasteiger partial charge >= 0.3 is 5.97 Å². The lowest BCUT2D eigenvalue weighted by molar-refractivity contribution is 0.0694. The molecule has 0 aliphatic rings. The Balaban J connectivity index is 2.23. The average molecular weight is 298 g/mol. The summed E-state index contributed by atoms with van der Waals surface area (Å²) in [6.45, 7) is 0. The summed E-state index contributed by atoms with van der Waals surface area (Å²) in [4.78, 5) is 23.1. The highest BCUT2D eigenvalue weighted by Crippen LogP contribution is 2.28.